The van der Waals surface area contributed by atoms with Crippen LogP contribution in [0.4, 0.5) is 0 Å². The normalized spacial score (nSPS) is 12.8. The SMILES string of the molecule is O=P(/C=C(\Cl)c1ccccc1)(/C=C(\Cl)c1ccccc1)NCc1ccccc1. The van der Waals surface area contributed by atoms with Crippen LogP contribution in [0.25, 0.3) is 10.1 Å². The van der Waals surface area contributed by atoms with E-state index in [-0.39, 0.29) is 0 Å². The highest BCUT2D eigenvalue weighted by Crippen LogP contribution is 2.50. The summed E-state index contributed by atoms with van der Waals surface area (Å²) in [6.07, 6.45) is 0. The van der Waals surface area contributed by atoms with Gasteiger partial charge < -0.3 is 0 Å². The molecule has 28 heavy (non-hydrogen) atoms. The predicted octanol–water partition coefficient (Wildman–Crippen LogP) is 7.53. The Morgan fingerprint density at radius 3 is 1.54 bits per heavy atom. The van der Waals surface area contributed by atoms with Crippen LogP contribution in [0.5, 0.6) is 0 Å². The van der Waals surface area contributed by atoms with E-state index in [9.17, 15) is 4.57 Å². The van der Waals surface area contributed by atoms with Crippen LogP contribution >= 0.6 is 30.5 Å². The van der Waals surface area contributed by atoms with Gasteiger partial charge in [-0.3, -0.25) is 9.65 Å². The van der Waals surface area contributed by atoms with Crippen LogP contribution in [-0.2, 0) is 11.1 Å². The summed E-state index contributed by atoms with van der Waals surface area (Å²) >= 11 is 13.0. The second kappa shape index (κ2) is 9.91. The molecule has 0 amide bonds. The van der Waals surface area contributed by atoms with Crippen molar-refractivity contribution in [2.45, 2.75) is 6.54 Å². The fourth-order valence-electron chi connectivity index (χ4n) is 2.62. The number of hydrogen-bond donors (Lipinski definition) is 1. The van der Waals surface area contributed by atoms with Crippen LogP contribution in [0.15, 0.2) is 103 Å². The molecule has 3 aromatic rings. The van der Waals surface area contributed by atoms with Gasteiger partial charge in [0.25, 0.3) is 0 Å². The molecule has 0 saturated carbocycles. The van der Waals surface area contributed by atoms with Crippen LogP contribution in [0.3, 0.4) is 0 Å². The van der Waals surface area contributed by atoms with Crippen molar-refractivity contribution in [2.75, 3.05) is 0 Å². The second-order valence-electron chi connectivity index (χ2n) is 6.22. The number of hydrogen-bond acceptors (Lipinski definition) is 1. The van der Waals surface area contributed by atoms with Gasteiger partial charge in [0.15, 0.2) is 7.29 Å². The van der Waals surface area contributed by atoms with Crippen molar-refractivity contribution in [3.8, 4) is 0 Å². The highest BCUT2D eigenvalue weighted by atomic mass is 35.5. The molecule has 0 bridgehead atoms. The van der Waals surface area contributed by atoms with E-state index in [1.165, 1.54) is 0 Å². The zero-order valence-electron chi connectivity index (χ0n) is 15.1. The maximum atomic E-state index is 13.7. The topological polar surface area (TPSA) is 29.1 Å². The van der Waals surface area contributed by atoms with Gasteiger partial charge in [0, 0.05) is 18.2 Å². The predicted molar refractivity (Wildman–Crippen MR) is 121 cm³/mol. The average molecular weight is 428 g/mol. The summed E-state index contributed by atoms with van der Waals surface area (Å²) in [6, 6.07) is 28.7. The molecule has 0 spiro atoms. The fraction of sp³-hybridized carbons (Fsp3) is 0.0435. The van der Waals surface area contributed by atoms with Crippen molar-refractivity contribution in [1.82, 2.24) is 5.09 Å². The standard InChI is InChI=1S/C23H20Cl2NOP/c24-22(20-12-6-2-7-13-20)17-28(27,26-16-19-10-4-1-5-11-19)18-23(25)21-14-8-3-9-15-21/h1-15,17-18H,16H2,(H,26,27)/b22-17-,23-18-. The van der Waals surface area contributed by atoms with Crippen molar-refractivity contribution in [3.05, 3.63) is 119 Å². The quantitative estimate of drug-likeness (QED) is 0.394. The molecule has 0 unspecified atom stereocenters. The largest absolute Gasteiger partial charge is 0.298 e. The van der Waals surface area contributed by atoms with Gasteiger partial charge in [-0.2, -0.15) is 0 Å². The Morgan fingerprint density at radius 2 is 1.11 bits per heavy atom. The molecule has 0 fully saturated rings. The third kappa shape index (κ3) is 5.95. The molecule has 0 aromatic heterocycles. The summed E-state index contributed by atoms with van der Waals surface area (Å²) in [7, 11) is -3.17. The number of benzene rings is 3. The Balaban J connectivity index is 1.94. The van der Waals surface area contributed by atoms with Gasteiger partial charge in [0.2, 0.25) is 0 Å². The van der Waals surface area contributed by atoms with E-state index in [2.05, 4.69) is 5.09 Å². The molecule has 142 valence electrons. The lowest BCUT2D eigenvalue weighted by Gasteiger charge is -2.15. The van der Waals surface area contributed by atoms with Crippen LogP contribution in [0.2, 0.25) is 0 Å². The molecule has 0 aliphatic rings. The molecule has 3 aromatic carbocycles. The smallest absolute Gasteiger partial charge is 0.193 e. The minimum atomic E-state index is -3.17. The molecule has 0 aliphatic carbocycles. The first-order valence-electron chi connectivity index (χ1n) is 8.82. The van der Waals surface area contributed by atoms with Gasteiger partial charge in [-0.25, -0.2) is 0 Å². The zero-order valence-corrected chi connectivity index (χ0v) is 17.5. The molecule has 0 saturated heterocycles. The van der Waals surface area contributed by atoms with Crippen LogP contribution < -0.4 is 5.09 Å². The third-order valence-electron chi connectivity index (χ3n) is 4.08. The molecule has 1 N–H and O–H groups in total. The molecule has 0 radical (unpaired) electrons. The lowest BCUT2D eigenvalue weighted by molar-refractivity contribution is 0.577. The highest BCUT2D eigenvalue weighted by molar-refractivity contribution is 7.68. The summed E-state index contributed by atoms with van der Waals surface area (Å²) in [6.45, 7) is 0.434. The lowest BCUT2D eigenvalue weighted by Crippen LogP contribution is -2.07. The summed E-state index contributed by atoms with van der Waals surface area (Å²) in [5.74, 6) is 3.14. The van der Waals surface area contributed by atoms with Gasteiger partial charge in [0.1, 0.15) is 0 Å². The molecular formula is C23H20Cl2NOP. The van der Waals surface area contributed by atoms with E-state index in [1.54, 1.807) is 11.6 Å². The van der Waals surface area contributed by atoms with Gasteiger partial charge in [-0.05, 0) is 16.7 Å². The van der Waals surface area contributed by atoms with Crippen molar-refractivity contribution in [2.24, 2.45) is 0 Å². The van der Waals surface area contributed by atoms with Crippen molar-refractivity contribution < 1.29 is 4.57 Å². The number of halogens is 2. The van der Waals surface area contributed by atoms with Crippen LogP contribution in [-0.4, -0.2) is 0 Å². The summed E-state index contributed by atoms with van der Waals surface area (Å²) in [4.78, 5) is 0. The van der Waals surface area contributed by atoms with Crippen LogP contribution in [0.1, 0.15) is 16.7 Å². The Bertz CT molecular complexity index is 943. The summed E-state index contributed by atoms with van der Waals surface area (Å²) in [5.41, 5.74) is 2.63. The Hall–Kier alpha value is -2.09. The zero-order chi connectivity index (χ0) is 19.8. The number of nitrogens with one attached hydrogen (secondary N) is 1. The first kappa shape index (κ1) is 20.6. The van der Waals surface area contributed by atoms with Crippen molar-refractivity contribution in [1.29, 1.82) is 0 Å². The minimum Gasteiger partial charge on any atom is -0.298 e. The van der Waals surface area contributed by atoms with Gasteiger partial charge in [-0.15, -0.1) is 0 Å². The maximum absolute atomic E-state index is 13.7. The monoisotopic (exact) mass is 427 g/mol. The Morgan fingerprint density at radius 1 is 0.714 bits per heavy atom. The van der Waals surface area contributed by atoms with Crippen molar-refractivity contribution >= 4 is 40.6 Å². The third-order valence-corrected chi connectivity index (χ3v) is 6.98. The fourth-order valence-corrected chi connectivity index (χ4v) is 5.40. The van der Waals surface area contributed by atoms with E-state index >= 15 is 0 Å². The van der Waals surface area contributed by atoms with E-state index in [1.807, 2.05) is 91.0 Å². The van der Waals surface area contributed by atoms with Crippen LogP contribution in [0, 0.1) is 0 Å². The molecule has 3 rings (SSSR count). The molecule has 5 heteroatoms. The van der Waals surface area contributed by atoms with E-state index in [0.717, 1.165) is 16.7 Å². The molecular weight excluding hydrogens is 408 g/mol. The maximum Gasteiger partial charge on any atom is 0.193 e. The summed E-state index contributed by atoms with van der Waals surface area (Å²) in [5, 5.41) is 3.98. The highest BCUT2D eigenvalue weighted by Gasteiger charge is 2.19. The number of rotatable bonds is 7. The van der Waals surface area contributed by atoms with Gasteiger partial charge in [-0.1, -0.05) is 114 Å². The molecule has 2 nitrogen and oxygen atoms in total. The van der Waals surface area contributed by atoms with E-state index in [4.69, 9.17) is 23.2 Å². The first-order valence-corrected chi connectivity index (χ1v) is 11.4. The average Bonchev–Trinajstić information content (AvgIpc) is 2.74. The Kier molecular flexibility index (Phi) is 7.30. The van der Waals surface area contributed by atoms with Crippen molar-refractivity contribution in [3.63, 3.8) is 0 Å². The first-order chi connectivity index (χ1) is 13.6. The minimum absolute atomic E-state index is 0.415. The molecule has 0 heterocycles. The van der Waals surface area contributed by atoms with E-state index < -0.39 is 7.29 Å². The molecule has 0 atom stereocenters. The van der Waals surface area contributed by atoms with Gasteiger partial charge >= 0.3 is 0 Å². The van der Waals surface area contributed by atoms with E-state index in [0.29, 0.717) is 16.6 Å². The van der Waals surface area contributed by atoms with Gasteiger partial charge in [0.05, 0.1) is 10.1 Å². The second-order valence-corrected chi connectivity index (χ2v) is 9.28. The summed E-state index contributed by atoms with van der Waals surface area (Å²) < 4.78 is 13.7. The molecule has 0 aliphatic heterocycles. The Labute approximate surface area is 175 Å². The lowest BCUT2D eigenvalue weighted by atomic mass is 10.2.